The Balaban J connectivity index is 1.60. The molecule has 0 atom stereocenters. The van der Waals surface area contributed by atoms with E-state index >= 15 is 0 Å². The van der Waals surface area contributed by atoms with E-state index in [9.17, 15) is 18.0 Å². The van der Waals surface area contributed by atoms with E-state index in [4.69, 9.17) is 0 Å². The highest BCUT2D eigenvalue weighted by atomic mass is 32.2. The summed E-state index contributed by atoms with van der Waals surface area (Å²) in [4.78, 5) is 12.2. The van der Waals surface area contributed by atoms with Gasteiger partial charge in [-0.05, 0) is 53.3 Å². The number of thioether (sulfide) groups is 2. The van der Waals surface area contributed by atoms with Crippen molar-refractivity contribution >= 4 is 29.4 Å². The van der Waals surface area contributed by atoms with Crippen LogP contribution in [0, 0.1) is 0 Å². The first-order valence-corrected chi connectivity index (χ1v) is 10.3. The Morgan fingerprint density at radius 2 is 1.77 bits per heavy atom. The smallest absolute Gasteiger partial charge is 0.348 e. The van der Waals surface area contributed by atoms with Crippen molar-refractivity contribution in [2.45, 2.75) is 23.7 Å². The van der Waals surface area contributed by atoms with E-state index in [1.54, 1.807) is 18.2 Å². The molecule has 1 amide bonds. The molecule has 2 aromatic rings. The molecule has 0 aromatic heterocycles. The number of halogens is 3. The minimum atomic E-state index is -4.38. The Labute approximate surface area is 158 Å². The second kappa shape index (κ2) is 8.39. The summed E-state index contributed by atoms with van der Waals surface area (Å²) in [6.07, 6.45) is -3.16. The lowest BCUT2D eigenvalue weighted by Gasteiger charge is -2.21. The number of amides is 1. The van der Waals surface area contributed by atoms with Crippen molar-refractivity contribution in [3.63, 3.8) is 0 Å². The van der Waals surface area contributed by atoms with Crippen LogP contribution in [0.25, 0.3) is 0 Å². The van der Waals surface area contributed by atoms with Crippen molar-refractivity contribution in [2.75, 3.05) is 11.5 Å². The van der Waals surface area contributed by atoms with Crippen LogP contribution in [0.5, 0.6) is 0 Å². The molecular weight excluding hydrogens is 379 g/mol. The summed E-state index contributed by atoms with van der Waals surface area (Å²) >= 11 is 3.82. The number of carbonyl (C=O) groups excluding carboxylic acids is 1. The molecule has 0 aliphatic carbocycles. The predicted octanol–water partition coefficient (Wildman–Crippen LogP) is 5.50. The summed E-state index contributed by atoms with van der Waals surface area (Å²) < 4.78 is 38.6. The number of benzene rings is 2. The van der Waals surface area contributed by atoms with Crippen molar-refractivity contribution in [3.05, 3.63) is 70.8 Å². The fraction of sp³-hybridized carbons (Fsp3) is 0.316. The highest BCUT2D eigenvalue weighted by molar-refractivity contribution is 8.16. The standard InChI is InChI=1S/C19H18F3NOS2/c20-19(21,22)16-4-1-3-13(11-16)12-23-17(24)14-5-7-15(8-6-14)18-25-9-2-10-26-18/h1,3-8,11,18H,2,9-10,12H2,(H,23,24). The highest BCUT2D eigenvalue weighted by Gasteiger charge is 2.30. The van der Waals surface area contributed by atoms with E-state index in [0.29, 0.717) is 15.7 Å². The lowest BCUT2D eigenvalue weighted by Crippen LogP contribution is -2.23. The maximum atomic E-state index is 12.7. The van der Waals surface area contributed by atoms with Crippen LogP contribution in [0.3, 0.4) is 0 Å². The molecule has 0 spiro atoms. The zero-order chi connectivity index (χ0) is 18.6. The van der Waals surface area contributed by atoms with Crippen LogP contribution in [0.2, 0.25) is 0 Å². The van der Waals surface area contributed by atoms with Crippen molar-refractivity contribution in [3.8, 4) is 0 Å². The number of alkyl halides is 3. The summed E-state index contributed by atoms with van der Waals surface area (Å²) in [5.41, 5.74) is 1.40. The van der Waals surface area contributed by atoms with Crippen molar-refractivity contribution < 1.29 is 18.0 Å². The molecule has 1 fully saturated rings. The van der Waals surface area contributed by atoms with Gasteiger partial charge in [-0.3, -0.25) is 4.79 Å². The fourth-order valence-corrected chi connectivity index (χ4v) is 5.51. The number of hydrogen-bond donors (Lipinski definition) is 1. The van der Waals surface area contributed by atoms with Crippen LogP contribution in [0.4, 0.5) is 13.2 Å². The SMILES string of the molecule is O=C(NCc1cccc(C(F)(F)F)c1)c1ccc(C2SCCCS2)cc1. The molecule has 1 saturated heterocycles. The number of rotatable bonds is 4. The fourth-order valence-electron chi connectivity index (χ4n) is 2.61. The minimum absolute atomic E-state index is 0.0544. The maximum Gasteiger partial charge on any atom is 0.416 e. The van der Waals surface area contributed by atoms with E-state index in [1.807, 2.05) is 35.7 Å². The Kier molecular flexibility index (Phi) is 6.19. The Morgan fingerprint density at radius 3 is 2.42 bits per heavy atom. The minimum Gasteiger partial charge on any atom is -0.348 e. The average Bonchev–Trinajstić information content (AvgIpc) is 2.66. The first-order valence-electron chi connectivity index (χ1n) is 8.21. The Bertz CT molecular complexity index is 756. The van der Waals surface area contributed by atoms with Crippen LogP contribution >= 0.6 is 23.5 Å². The number of hydrogen-bond acceptors (Lipinski definition) is 3. The van der Waals surface area contributed by atoms with Crippen molar-refractivity contribution in [1.82, 2.24) is 5.32 Å². The highest BCUT2D eigenvalue weighted by Crippen LogP contribution is 2.43. The summed E-state index contributed by atoms with van der Waals surface area (Å²) in [6, 6.07) is 12.4. The number of nitrogens with one attached hydrogen (secondary N) is 1. The molecule has 2 aromatic carbocycles. The van der Waals surface area contributed by atoms with Crippen LogP contribution in [0.15, 0.2) is 48.5 Å². The van der Waals surface area contributed by atoms with Gasteiger partial charge >= 0.3 is 6.18 Å². The van der Waals surface area contributed by atoms with Crippen LogP contribution in [0.1, 0.15) is 38.1 Å². The van der Waals surface area contributed by atoms with Crippen LogP contribution in [-0.4, -0.2) is 17.4 Å². The lowest BCUT2D eigenvalue weighted by atomic mass is 10.1. The summed E-state index contributed by atoms with van der Waals surface area (Å²) in [7, 11) is 0. The second-order valence-electron chi connectivity index (χ2n) is 5.93. The van der Waals surface area contributed by atoms with E-state index in [1.165, 1.54) is 18.1 Å². The van der Waals surface area contributed by atoms with Crippen molar-refractivity contribution in [2.24, 2.45) is 0 Å². The Hall–Kier alpha value is -1.60. The van der Waals surface area contributed by atoms with Gasteiger partial charge in [0.05, 0.1) is 10.1 Å². The van der Waals surface area contributed by atoms with E-state index in [2.05, 4.69) is 5.32 Å². The molecule has 0 radical (unpaired) electrons. The first-order chi connectivity index (χ1) is 12.4. The third-order valence-electron chi connectivity index (χ3n) is 3.98. The van der Waals surface area contributed by atoms with Gasteiger partial charge < -0.3 is 5.32 Å². The van der Waals surface area contributed by atoms with Gasteiger partial charge in [-0.25, -0.2) is 0 Å². The summed E-state index contributed by atoms with van der Waals surface area (Å²) in [5.74, 6) is 2.01. The molecular formula is C19H18F3NOS2. The Morgan fingerprint density at radius 1 is 1.08 bits per heavy atom. The first kappa shape index (κ1) is 19.2. The zero-order valence-corrected chi connectivity index (χ0v) is 15.5. The molecule has 1 aliphatic heterocycles. The predicted molar refractivity (Wildman–Crippen MR) is 101 cm³/mol. The monoisotopic (exact) mass is 397 g/mol. The van der Waals surface area contributed by atoms with Gasteiger partial charge in [0.2, 0.25) is 0 Å². The molecule has 138 valence electrons. The zero-order valence-electron chi connectivity index (χ0n) is 13.9. The van der Waals surface area contributed by atoms with Gasteiger partial charge in [0.15, 0.2) is 0 Å². The second-order valence-corrected chi connectivity index (χ2v) is 8.65. The number of carbonyl (C=O) groups is 1. The lowest BCUT2D eigenvalue weighted by molar-refractivity contribution is -0.137. The maximum absolute atomic E-state index is 12.7. The third kappa shape index (κ3) is 4.98. The molecule has 7 heteroatoms. The third-order valence-corrected chi connectivity index (χ3v) is 6.99. The molecule has 1 heterocycles. The molecule has 0 unspecified atom stereocenters. The largest absolute Gasteiger partial charge is 0.416 e. The molecule has 2 nitrogen and oxygen atoms in total. The van der Waals surface area contributed by atoms with Gasteiger partial charge in [-0.1, -0.05) is 24.3 Å². The molecule has 0 saturated carbocycles. The van der Waals surface area contributed by atoms with Gasteiger partial charge in [-0.2, -0.15) is 13.2 Å². The van der Waals surface area contributed by atoms with Gasteiger partial charge in [0.1, 0.15) is 0 Å². The van der Waals surface area contributed by atoms with Gasteiger partial charge in [-0.15, -0.1) is 23.5 Å². The molecule has 3 rings (SSSR count). The van der Waals surface area contributed by atoms with Gasteiger partial charge in [0.25, 0.3) is 5.91 Å². The molecule has 26 heavy (non-hydrogen) atoms. The van der Waals surface area contributed by atoms with E-state index in [-0.39, 0.29) is 12.5 Å². The average molecular weight is 397 g/mol. The van der Waals surface area contributed by atoms with E-state index < -0.39 is 11.7 Å². The quantitative estimate of drug-likeness (QED) is 0.738. The molecule has 1 aliphatic rings. The topological polar surface area (TPSA) is 29.1 Å². The van der Waals surface area contributed by atoms with Crippen molar-refractivity contribution in [1.29, 1.82) is 0 Å². The normalized spacial score (nSPS) is 15.7. The van der Waals surface area contributed by atoms with E-state index in [0.717, 1.165) is 23.6 Å². The van der Waals surface area contributed by atoms with Crippen LogP contribution in [-0.2, 0) is 12.7 Å². The molecule has 0 bridgehead atoms. The van der Waals surface area contributed by atoms with Gasteiger partial charge in [0, 0.05) is 12.1 Å². The van der Waals surface area contributed by atoms with Crippen LogP contribution < -0.4 is 5.32 Å². The molecule has 1 N–H and O–H groups in total. The summed E-state index contributed by atoms with van der Waals surface area (Å²) in [6.45, 7) is 0.0544. The summed E-state index contributed by atoms with van der Waals surface area (Å²) in [5, 5.41) is 2.68.